The van der Waals surface area contributed by atoms with Crippen LogP contribution in [0.4, 0.5) is 0 Å². The molecule has 0 saturated carbocycles. The number of imidazole rings is 1. The number of aryl methyl sites for hydroxylation is 1. The van der Waals surface area contributed by atoms with Crippen molar-refractivity contribution >= 4 is 11.0 Å². The van der Waals surface area contributed by atoms with Gasteiger partial charge in [-0.1, -0.05) is 19.1 Å². The van der Waals surface area contributed by atoms with Crippen LogP contribution in [-0.2, 0) is 6.42 Å². The SMILES string of the molecule is CCCc1nc2ccccc2n1C(C)C.[Cl-]. The van der Waals surface area contributed by atoms with Gasteiger partial charge >= 0.3 is 0 Å². The molecule has 2 aromatic rings. The van der Waals surface area contributed by atoms with Crippen molar-refractivity contribution in [2.24, 2.45) is 0 Å². The topological polar surface area (TPSA) is 17.8 Å². The number of aromatic nitrogens is 2. The Bertz CT molecular complexity index is 460. The standard InChI is InChI=1S/C13H18N2.ClH/c1-4-7-13-14-11-8-5-6-9-12(11)15(13)10(2)3;/h5-6,8-10H,4,7H2,1-3H3;1H/p-1. The normalized spacial score (nSPS) is 10.8. The quantitative estimate of drug-likeness (QED) is 0.764. The van der Waals surface area contributed by atoms with Crippen molar-refractivity contribution in [1.29, 1.82) is 0 Å². The van der Waals surface area contributed by atoms with Crippen LogP contribution in [0, 0.1) is 0 Å². The summed E-state index contributed by atoms with van der Waals surface area (Å²) >= 11 is 0. The molecule has 16 heavy (non-hydrogen) atoms. The lowest BCUT2D eigenvalue weighted by Gasteiger charge is -2.12. The summed E-state index contributed by atoms with van der Waals surface area (Å²) in [7, 11) is 0. The van der Waals surface area contributed by atoms with Gasteiger partial charge in [-0.3, -0.25) is 0 Å². The third-order valence-corrected chi connectivity index (χ3v) is 2.66. The highest BCUT2D eigenvalue weighted by Gasteiger charge is 2.11. The van der Waals surface area contributed by atoms with Crippen LogP contribution in [0.15, 0.2) is 24.3 Å². The number of para-hydroxylation sites is 2. The number of rotatable bonds is 3. The predicted octanol–water partition coefficient (Wildman–Crippen LogP) is 0.574. The van der Waals surface area contributed by atoms with Crippen molar-refractivity contribution in [2.75, 3.05) is 0 Å². The maximum Gasteiger partial charge on any atom is 0.110 e. The van der Waals surface area contributed by atoms with E-state index in [9.17, 15) is 0 Å². The van der Waals surface area contributed by atoms with Crippen LogP contribution in [0.2, 0.25) is 0 Å². The Kier molecular flexibility index (Phi) is 4.36. The van der Waals surface area contributed by atoms with Crippen molar-refractivity contribution in [3.8, 4) is 0 Å². The van der Waals surface area contributed by atoms with E-state index in [4.69, 9.17) is 0 Å². The summed E-state index contributed by atoms with van der Waals surface area (Å²) in [6.07, 6.45) is 2.21. The van der Waals surface area contributed by atoms with Crippen LogP contribution >= 0.6 is 0 Å². The van der Waals surface area contributed by atoms with Crippen molar-refractivity contribution in [3.05, 3.63) is 30.1 Å². The summed E-state index contributed by atoms with van der Waals surface area (Å²) in [5.74, 6) is 1.22. The number of halogens is 1. The van der Waals surface area contributed by atoms with Gasteiger partial charge < -0.3 is 17.0 Å². The molecule has 1 aromatic carbocycles. The minimum Gasteiger partial charge on any atom is -1.00 e. The Balaban J connectivity index is 0.00000128. The number of fused-ring (bicyclic) bond motifs is 1. The van der Waals surface area contributed by atoms with Gasteiger partial charge in [-0.05, 0) is 32.4 Å². The first-order chi connectivity index (χ1) is 7.24. The van der Waals surface area contributed by atoms with Gasteiger partial charge in [0.05, 0.1) is 11.0 Å². The van der Waals surface area contributed by atoms with E-state index in [-0.39, 0.29) is 12.4 Å². The summed E-state index contributed by atoms with van der Waals surface area (Å²) in [6, 6.07) is 8.86. The lowest BCUT2D eigenvalue weighted by molar-refractivity contribution is -0.00000353. The highest BCUT2D eigenvalue weighted by molar-refractivity contribution is 5.76. The molecule has 0 bridgehead atoms. The van der Waals surface area contributed by atoms with Crippen LogP contribution < -0.4 is 12.4 Å². The van der Waals surface area contributed by atoms with Gasteiger partial charge in [-0.15, -0.1) is 0 Å². The molecule has 1 aromatic heterocycles. The van der Waals surface area contributed by atoms with Crippen LogP contribution in [-0.4, -0.2) is 9.55 Å². The molecule has 0 N–H and O–H groups in total. The van der Waals surface area contributed by atoms with Crippen molar-refractivity contribution in [2.45, 2.75) is 39.7 Å². The van der Waals surface area contributed by atoms with Crippen LogP contribution in [0.25, 0.3) is 11.0 Å². The molecule has 0 unspecified atom stereocenters. The molecule has 0 aliphatic heterocycles. The smallest absolute Gasteiger partial charge is 0.110 e. The highest BCUT2D eigenvalue weighted by atomic mass is 35.5. The second-order valence-corrected chi connectivity index (χ2v) is 4.23. The summed E-state index contributed by atoms with van der Waals surface area (Å²) in [5.41, 5.74) is 2.38. The molecule has 2 nitrogen and oxygen atoms in total. The van der Waals surface area contributed by atoms with E-state index in [1.807, 2.05) is 0 Å². The molecule has 1 heterocycles. The molecule has 0 spiro atoms. The molecule has 0 radical (unpaired) electrons. The third-order valence-electron chi connectivity index (χ3n) is 2.66. The number of nitrogens with zero attached hydrogens (tertiary/aromatic N) is 2. The van der Waals surface area contributed by atoms with Crippen molar-refractivity contribution < 1.29 is 12.4 Å². The first kappa shape index (κ1) is 13.0. The lowest BCUT2D eigenvalue weighted by Crippen LogP contribution is -3.00. The van der Waals surface area contributed by atoms with Crippen LogP contribution in [0.5, 0.6) is 0 Å². The minimum absolute atomic E-state index is 0. The van der Waals surface area contributed by atoms with Crippen molar-refractivity contribution in [3.63, 3.8) is 0 Å². The van der Waals surface area contributed by atoms with Gasteiger partial charge in [0.1, 0.15) is 5.82 Å². The second-order valence-electron chi connectivity index (χ2n) is 4.23. The van der Waals surface area contributed by atoms with E-state index in [0.717, 1.165) is 18.4 Å². The van der Waals surface area contributed by atoms with Gasteiger partial charge in [0, 0.05) is 12.5 Å². The molecule has 0 aliphatic rings. The van der Waals surface area contributed by atoms with E-state index in [1.54, 1.807) is 0 Å². The molecule has 0 saturated heterocycles. The van der Waals surface area contributed by atoms with Gasteiger partial charge in [-0.2, -0.15) is 0 Å². The molecular weight excluding hydrogens is 220 g/mol. The molecule has 2 rings (SSSR count). The summed E-state index contributed by atoms with van der Waals surface area (Å²) in [5, 5.41) is 0. The molecule has 88 valence electrons. The zero-order valence-corrected chi connectivity index (χ0v) is 10.8. The Morgan fingerprint density at radius 2 is 1.94 bits per heavy atom. The molecule has 3 heteroatoms. The van der Waals surface area contributed by atoms with Gasteiger partial charge in [-0.25, -0.2) is 4.98 Å². The molecule has 0 amide bonds. The molecular formula is C13H18ClN2-. The second kappa shape index (κ2) is 5.35. The number of benzene rings is 1. The van der Waals surface area contributed by atoms with Gasteiger partial charge in [0.15, 0.2) is 0 Å². The van der Waals surface area contributed by atoms with E-state index in [0.29, 0.717) is 6.04 Å². The fourth-order valence-corrected chi connectivity index (χ4v) is 2.07. The molecule has 0 atom stereocenters. The minimum atomic E-state index is 0. The maximum atomic E-state index is 4.69. The van der Waals surface area contributed by atoms with Gasteiger partial charge in [0.2, 0.25) is 0 Å². The lowest BCUT2D eigenvalue weighted by atomic mass is 10.2. The Morgan fingerprint density at radius 1 is 1.25 bits per heavy atom. The van der Waals surface area contributed by atoms with Crippen molar-refractivity contribution in [1.82, 2.24) is 9.55 Å². The summed E-state index contributed by atoms with van der Waals surface area (Å²) < 4.78 is 2.35. The maximum absolute atomic E-state index is 4.69. The monoisotopic (exact) mass is 237 g/mol. The number of hydrogen-bond acceptors (Lipinski definition) is 1. The fraction of sp³-hybridized carbons (Fsp3) is 0.462. The Morgan fingerprint density at radius 3 is 2.56 bits per heavy atom. The Labute approximate surface area is 103 Å². The predicted molar refractivity (Wildman–Crippen MR) is 64.1 cm³/mol. The van der Waals surface area contributed by atoms with Crippen LogP contribution in [0.3, 0.4) is 0 Å². The van der Waals surface area contributed by atoms with Gasteiger partial charge in [0.25, 0.3) is 0 Å². The summed E-state index contributed by atoms with van der Waals surface area (Å²) in [6.45, 7) is 6.63. The highest BCUT2D eigenvalue weighted by Crippen LogP contribution is 2.21. The van der Waals surface area contributed by atoms with Crippen LogP contribution in [0.1, 0.15) is 39.1 Å². The summed E-state index contributed by atoms with van der Waals surface area (Å²) in [4.78, 5) is 4.69. The van der Waals surface area contributed by atoms with E-state index in [2.05, 4.69) is 54.6 Å². The van der Waals surface area contributed by atoms with E-state index < -0.39 is 0 Å². The zero-order chi connectivity index (χ0) is 10.8. The zero-order valence-electron chi connectivity index (χ0n) is 10.1. The first-order valence-electron chi connectivity index (χ1n) is 5.70. The van der Waals surface area contributed by atoms with E-state index >= 15 is 0 Å². The average molecular weight is 238 g/mol. The molecule has 0 fully saturated rings. The average Bonchev–Trinajstić information content (AvgIpc) is 2.56. The third kappa shape index (κ3) is 2.22. The van der Waals surface area contributed by atoms with E-state index in [1.165, 1.54) is 11.3 Å². The first-order valence-corrected chi connectivity index (χ1v) is 5.70. The molecule has 0 aliphatic carbocycles. The Hall–Kier alpha value is -1.02. The largest absolute Gasteiger partial charge is 1.00 e. The number of hydrogen-bond donors (Lipinski definition) is 0. The fourth-order valence-electron chi connectivity index (χ4n) is 2.07.